The lowest BCUT2D eigenvalue weighted by Gasteiger charge is -2.14. The van der Waals surface area contributed by atoms with Gasteiger partial charge in [-0.15, -0.1) is 11.3 Å². The average molecular weight is 249 g/mol. The summed E-state index contributed by atoms with van der Waals surface area (Å²) in [6.45, 7) is 4.06. The van der Waals surface area contributed by atoms with E-state index in [2.05, 4.69) is 4.98 Å². The first-order valence-corrected chi connectivity index (χ1v) is 6.52. The van der Waals surface area contributed by atoms with Crippen LogP contribution in [0.2, 0.25) is 0 Å². The van der Waals surface area contributed by atoms with Crippen LogP contribution in [-0.2, 0) is 4.79 Å². The van der Waals surface area contributed by atoms with Gasteiger partial charge in [0.05, 0.1) is 11.6 Å². The third kappa shape index (κ3) is 2.47. The summed E-state index contributed by atoms with van der Waals surface area (Å²) < 4.78 is 1.10. The summed E-state index contributed by atoms with van der Waals surface area (Å²) in [6, 6.07) is 3.89. The molecule has 1 atom stereocenters. The Kier molecular flexibility index (Phi) is 3.43. The van der Waals surface area contributed by atoms with E-state index < -0.39 is 11.9 Å². The third-order valence-corrected chi connectivity index (χ3v) is 3.63. The molecule has 0 amide bonds. The fourth-order valence-corrected chi connectivity index (χ4v) is 2.78. The summed E-state index contributed by atoms with van der Waals surface area (Å²) in [5.74, 6) is -0.954. The lowest BCUT2D eigenvalue weighted by atomic mass is 9.92. The standard InChI is InChI=1S/C13H15NO2S/c1-8(2)7-10(13(15)16)12-9-4-6-17-11(9)3-5-14-12/h3-6,8,10H,7H2,1-2H3,(H,15,16). The van der Waals surface area contributed by atoms with Crippen LogP contribution in [0.5, 0.6) is 0 Å². The minimum Gasteiger partial charge on any atom is -0.481 e. The fraction of sp³-hybridized carbons (Fsp3) is 0.385. The van der Waals surface area contributed by atoms with E-state index in [-0.39, 0.29) is 0 Å². The number of carboxylic acids is 1. The Balaban J connectivity index is 2.48. The zero-order valence-electron chi connectivity index (χ0n) is 9.88. The molecule has 1 N–H and O–H groups in total. The topological polar surface area (TPSA) is 50.2 Å². The maximum Gasteiger partial charge on any atom is 0.312 e. The van der Waals surface area contributed by atoms with E-state index in [4.69, 9.17) is 0 Å². The fourth-order valence-electron chi connectivity index (χ4n) is 1.99. The number of fused-ring (bicyclic) bond motifs is 1. The first kappa shape index (κ1) is 12.0. The van der Waals surface area contributed by atoms with E-state index in [1.54, 1.807) is 17.5 Å². The van der Waals surface area contributed by atoms with Gasteiger partial charge in [-0.3, -0.25) is 9.78 Å². The van der Waals surface area contributed by atoms with Crippen molar-refractivity contribution >= 4 is 27.4 Å². The molecule has 2 aromatic rings. The van der Waals surface area contributed by atoms with Crippen molar-refractivity contribution in [3.63, 3.8) is 0 Å². The highest BCUT2D eigenvalue weighted by Gasteiger charge is 2.24. The molecule has 17 heavy (non-hydrogen) atoms. The van der Waals surface area contributed by atoms with Crippen LogP contribution >= 0.6 is 11.3 Å². The molecule has 0 spiro atoms. The van der Waals surface area contributed by atoms with Crippen LogP contribution in [0.4, 0.5) is 0 Å². The molecule has 0 bridgehead atoms. The van der Waals surface area contributed by atoms with Crippen molar-refractivity contribution in [3.05, 3.63) is 29.4 Å². The van der Waals surface area contributed by atoms with Crippen LogP contribution in [0.25, 0.3) is 10.1 Å². The molecule has 0 saturated heterocycles. The molecule has 0 aliphatic heterocycles. The minimum absolute atomic E-state index is 0.340. The molecule has 90 valence electrons. The molecule has 0 radical (unpaired) electrons. The zero-order chi connectivity index (χ0) is 12.4. The second kappa shape index (κ2) is 4.84. The van der Waals surface area contributed by atoms with E-state index in [9.17, 15) is 9.90 Å². The van der Waals surface area contributed by atoms with Gasteiger partial charge in [-0.25, -0.2) is 0 Å². The number of nitrogens with zero attached hydrogens (tertiary/aromatic N) is 1. The molecule has 2 rings (SSSR count). The summed E-state index contributed by atoms with van der Waals surface area (Å²) in [6.07, 6.45) is 2.32. The van der Waals surface area contributed by atoms with E-state index in [1.807, 2.05) is 31.4 Å². The summed E-state index contributed by atoms with van der Waals surface area (Å²) >= 11 is 1.62. The average Bonchev–Trinajstić information content (AvgIpc) is 2.73. The van der Waals surface area contributed by atoms with Crippen molar-refractivity contribution in [2.45, 2.75) is 26.2 Å². The second-order valence-corrected chi connectivity index (χ2v) is 5.50. The summed E-state index contributed by atoms with van der Waals surface area (Å²) in [5.41, 5.74) is 0.699. The lowest BCUT2D eigenvalue weighted by Crippen LogP contribution is -2.15. The smallest absolute Gasteiger partial charge is 0.312 e. The van der Waals surface area contributed by atoms with Gasteiger partial charge in [0.25, 0.3) is 0 Å². The largest absolute Gasteiger partial charge is 0.481 e. The molecule has 2 heterocycles. The van der Waals surface area contributed by atoms with Gasteiger partial charge < -0.3 is 5.11 Å². The SMILES string of the molecule is CC(C)CC(C(=O)O)c1nccc2sccc12. The van der Waals surface area contributed by atoms with Gasteiger partial charge >= 0.3 is 5.97 Å². The summed E-state index contributed by atoms with van der Waals surface area (Å²) in [5, 5.41) is 12.3. The summed E-state index contributed by atoms with van der Waals surface area (Å²) in [7, 11) is 0. The Bertz CT molecular complexity index is 533. The Hall–Kier alpha value is -1.42. The normalized spacial score (nSPS) is 13.1. The highest BCUT2D eigenvalue weighted by Crippen LogP contribution is 2.31. The van der Waals surface area contributed by atoms with Crippen LogP contribution < -0.4 is 0 Å². The predicted octanol–water partition coefficient (Wildman–Crippen LogP) is 3.51. The van der Waals surface area contributed by atoms with Crippen molar-refractivity contribution in [2.75, 3.05) is 0 Å². The number of thiophene rings is 1. The number of rotatable bonds is 4. The van der Waals surface area contributed by atoms with Gasteiger partial charge in [-0.05, 0) is 29.9 Å². The van der Waals surface area contributed by atoms with E-state index in [0.29, 0.717) is 18.0 Å². The molecule has 0 aliphatic rings. The van der Waals surface area contributed by atoms with Gasteiger partial charge in [0.1, 0.15) is 0 Å². The zero-order valence-corrected chi connectivity index (χ0v) is 10.7. The molecule has 3 nitrogen and oxygen atoms in total. The van der Waals surface area contributed by atoms with Crippen molar-refractivity contribution in [1.82, 2.24) is 4.98 Å². The first-order valence-electron chi connectivity index (χ1n) is 5.64. The maximum atomic E-state index is 11.4. The van der Waals surface area contributed by atoms with Crippen molar-refractivity contribution < 1.29 is 9.90 Å². The van der Waals surface area contributed by atoms with Gasteiger partial charge in [-0.2, -0.15) is 0 Å². The number of hydrogen-bond acceptors (Lipinski definition) is 3. The number of pyridine rings is 1. The van der Waals surface area contributed by atoms with Gasteiger partial charge in [0, 0.05) is 16.3 Å². The molecule has 0 aromatic carbocycles. The Morgan fingerprint density at radius 1 is 1.47 bits per heavy atom. The first-order chi connectivity index (χ1) is 8.09. The molecule has 0 saturated carbocycles. The molecule has 2 aromatic heterocycles. The molecular weight excluding hydrogens is 234 g/mol. The molecule has 0 fully saturated rings. The lowest BCUT2D eigenvalue weighted by molar-refractivity contribution is -0.139. The number of carbonyl (C=O) groups is 1. The van der Waals surface area contributed by atoms with Crippen molar-refractivity contribution in [2.24, 2.45) is 5.92 Å². The van der Waals surface area contributed by atoms with Crippen LogP contribution in [0.15, 0.2) is 23.7 Å². The second-order valence-electron chi connectivity index (χ2n) is 4.55. The van der Waals surface area contributed by atoms with Crippen molar-refractivity contribution in [1.29, 1.82) is 0 Å². The Morgan fingerprint density at radius 3 is 2.88 bits per heavy atom. The van der Waals surface area contributed by atoms with Gasteiger partial charge in [-0.1, -0.05) is 13.8 Å². The number of aromatic nitrogens is 1. The number of carboxylic acid groups (broad SMARTS) is 1. The number of hydrogen-bond donors (Lipinski definition) is 1. The molecule has 1 unspecified atom stereocenters. The van der Waals surface area contributed by atoms with E-state index in [1.165, 1.54) is 0 Å². The van der Waals surface area contributed by atoms with E-state index in [0.717, 1.165) is 10.1 Å². The molecule has 0 aliphatic carbocycles. The van der Waals surface area contributed by atoms with Crippen LogP contribution in [-0.4, -0.2) is 16.1 Å². The molecule has 4 heteroatoms. The van der Waals surface area contributed by atoms with E-state index >= 15 is 0 Å². The minimum atomic E-state index is -0.787. The van der Waals surface area contributed by atoms with Crippen LogP contribution in [0, 0.1) is 5.92 Å². The van der Waals surface area contributed by atoms with Crippen LogP contribution in [0.1, 0.15) is 31.9 Å². The van der Waals surface area contributed by atoms with Crippen molar-refractivity contribution in [3.8, 4) is 0 Å². The molecular formula is C13H15NO2S. The highest BCUT2D eigenvalue weighted by molar-refractivity contribution is 7.17. The quantitative estimate of drug-likeness (QED) is 0.902. The third-order valence-electron chi connectivity index (χ3n) is 2.75. The van der Waals surface area contributed by atoms with Gasteiger partial charge in [0.2, 0.25) is 0 Å². The maximum absolute atomic E-state index is 11.4. The monoisotopic (exact) mass is 249 g/mol. The Labute approximate surface area is 104 Å². The van der Waals surface area contributed by atoms with Crippen LogP contribution in [0.3, 0.4) is 0 Å². The Morgan fingerprint density at radius 2 is 2.24 bits per heavy atom. The number of aliphatic carboxylic acids is 1. The highest BCUT2D eigenvalue weighted by atomic mass is 32.1. The predicted molar refractivity (Wildman–Crippen MR) is 69.5 cm³/mol. The van der Waals surface area contributed by atoms with Gasteiger partial charge in [0.15, 0.2) is 0 Å². The summed E-state index contributed by atoms with van der Waals surface area (Å²) in [4.78, 5) is 15.6.